The fourth-order valence-corrected chi connectivity index (χ4v) is 3.63. The van der Waals surface area contributed by atoms with Gasteiger partial charge in [-0.25, -0.2) is 0 Å². The number of carbonyl (C=O) groups excluding carboxylic acids is 1. The highest BCUT2D eigenvalue weighted by Gasteiger charge is 2.40. The third kappa shape index (κ3) is 4.07. The molecule has 2 saturated carbocycles. The van der Waals surface area contributed by atoms with Gasteiger partial charge in [0.15, 0.2) is 0 Å². The number of ether oxygens (including phenoxy) is 1. The molecule has 5 heteroatoms. The van der Waals surface area contributed by atoms with Crippen LogP contribution >= 0.6 is 12.4 Å². The summed E-state index contributed by atoms with van der Waals surface area (Å²) in [6, 6.07) is 0.659. The van der Waals surface area contributed by atoms with Gasteiger partial charge in [0.05, 0.1) is 0 Å². The van der Waals surface area contributed by atoms with Crippen LogP contribution in [0.2, 0.25) is 0 Å². The van der Waals surface area contributed by atoms with E-state index >= 15 is 0 Å². The highest BCUT2D eigenvalue weighted by Crippen LogP contribution is 2.39. The molecule has 0 aromatic heterocycles. The van der Waals surface area contributed by atoms with Crippen LogP contribution in [0.15, 0.2) is 0 Å². The summed E-state index contributed by atoms with van der Waals surface area (Å²) >= 11 is 0. The summed E-state index contributed by atoms with van der Waals surface area (Å²) in [7, 11) is 0. The van der Waals surface area contributed by atoms with Crippen molar-refractivity contribution in [2.24, 2.45) is 17.6 Å². The topological polar surface area (TPSA) is 64.3 Å². The Morgan fingerprint density at radius 3 is 2.47 bits per heavy atom. The Balaban J connectivity index is 0.00000180. The molecule has 0 radical (unpaired) electrons. The van der Waals surface area contributed by atoms with Gasteiger partial charge >= 0.3 is 0 Å². The van der Waals surface area contributed by atoms with E-state index in [4.69, 9.17) is 10.5 Å². The summed E-state index contributed by atoms with van der Waals surface area (Å²) in [5, 5.41) is 3.21. The number of halogens is 1. The number of fused-ring (bicyclic) bond motifs is 2. The lowest BCUT2D eigenvalue weighted by Crippen LogP contribution is -2.55. The van der Waals surface area contributed by atoms with Crippen molar-refractivity contribution in [2.75, 3.05) is 6.61 Å². The summed E-state index contributed by atoms with van der Waals surface area (Å²) < 4.78 is 5.35. The highest BCUT2D eigenvalue weighted by molar-refractivity contribution is 5.85. The smallest absolute Gasteiger partial charge is 0.249 e. The lowest BCUT2D eigenvalue weighted by molar-refractivity contribution is -0.133. The fourth-order valence-electron chi connectivity index (χ4n) is 3.63. The summed E-state index contributed by atoms with van der Waals surface area (Å²) in [4.78, 5) is 12.0. The predicted octanol–water partition coefficient (Wildman–Crippen LogP) is 1.86. The highest BCUT2D eigenvalue weighted by atomic mass is 35.5. The number of nitrogens with two attached hydrogens (primary N) is 1. The van der Waals surface area contributed by atoms with E-state index in [0.717, 1.165) is 12.8 Å². The average Bonchev–Trinajstić information content (AvgIpc) is 2.30. The minimum absolute atomic E-state index is 0. The molecule has 2 aliphatic rings. The number of hydrogen-bond acceptors (Lipinski definition) is 3. The quantitative estimate of drug-likeness (QED) is 0.830. The van der Waals surface area contributed by atoms with Gasteiger partial charge < -0.3 is 15.8 Å². The molecule has 0 heterocycles. The summed E-state index contributed by atoms with van der Waals surface area (Å²) in [5.74, 6) is 1.18. The number of rotatable bonds is 4. The molecule has 0 aromatic rings. The normalized spacial score (nSPS) is 35.1. The van der Waals surface area contributed by atoms with Gasteiger partial charge in [-0.2, -0.15) is 0 Å². The van der Waals surface area contributed by atoms with Crippen LogP contribution in [0.1, 0.15) is 46.0 Å². The van der Waals surface area contributed by atoms with Gasteiger partial charge in [0.2, 0.25) is 5.91 Å². The zero-order chi connectivity index (χ0) is 13.1. The van der Waals surface area contributed by atoms with Crippen molar-refractivity contribution in [3.8, 4) is 0 Å². The molecule has 0 aromatic carbocycles. The van der Waals surface area contributed by atoms with E-state index in [1.165, 1.54) is 19.3 Å². The van der Waals surface area contributed by atoms with E-state index in [2.05, 4.69) is 5.32 Å². The number of nitrogens with one attached hydrogen (secondary N) is 1. The van der Waals surface area contributed by atoms with Crippen LogP contribution in [0.25, 0.3) is 0 Å². The molecular formula is C14H27ClN2O2. The van der Waals surface area contributed by atoms with Crippen LogP contribution in [-0.2, 0) is 9.53 Å². The standard InChI is InChI=1S/C14H26N2O2.ClH/c1-3-18-9(2)14(17)16-13-10-5-4-6-11(13)8-12(15)7-10;/h9-13H,3-8,15H2,1-2H3,(H,16,17);1H. The Bertz CT molecular complexity index is 287. The van der Waals surface area contributed by atoms with Crippen LogP contribution in [-0.4, -0.2) is 30.7 Å². The molecule has 4 nitrogen and oxygen atoms in total. The van der Waals surface area contributed by atoms with Crippen molar-refractivity contribution < 1.29 is 9.53 Å². The number of amides is 1. The van der Waals surface area contributed by atoms with Crippen molar-refractivity contribution in [3.05, 3.63) is 0 Å². The number of carbonyl (C=O) groups is 1. The SMILES string of the molecule is CCOC(C)C(=O)NC1C2CCCC1CC(N)C2.Cl. The molecule has 112 valence electrons. The van der Waals surface area contributed by atoms with Crippen LogP contribution in [0, 0.1) is 11.8 Å². The minimum atomic E-state index is -0.341. The Kier molecular flexibility index (Phi) is 6.57. The average molecular weight is 291 g/mol. The van der Waals surface area contributed by atoms with E-state index in [-0.39, 0.29) is 24.4 Å². The van der Waals surface area contributed by atoms with Gasteiger partial charge in [-0.15, -0.1) is 12.4 Å². The maximum absolute atomic E-state index is 12.0. The van der Waals surface area contributed by atoms with Crippen molar-refractivity contribution in [2.45, 2.75) is 64.1 Å². The third-order valence-corrected chi connectivity index (χ3v) is 4.47. The van der Waals surface area contributed by atoms with E-state index in [1.807, 2.05) is 13.8 Å². The van der Waals surface area contributed by atoms with Crippen LogP contribution in [0.3, 0.4) is 0 Å². The molecule has 2 bridgehead atoms. The minimum Gasteiger partial charge on any atom is -0.369 e. The maximum Gasteiger partial charge on any atom is 0.249 e. The van der Waals surface area contributed by atoms with Gasteiger partial charge in [-0.1, -0.05) is 6.42 Å². The first-order chi connectivity index (χ1) is 8.61. The van der Waals surface area contributed by atoms with Crippen molar-refractivity contribution in [3.63, 3.8) is 0 Å². The second-order valence-corrected chi connectivity index (χ2v) is 5.81. The van der Waals surface area contributed by atoms with E-state index < -0.39 is 0 Å². The monoisotopic (exact) mass is 290 g/mol. The zero-order valence-electron chi connectivity index (χ0n) is 11.9. The van der Waals surface area contributed by atoms with Gasteiger partial charge in [0.25, 0.3) is 0 Å². The van der Waals surface area contributed by atoms with Crippen molar-refractivity contribution >= 4 is 18.3 Å². The second-order valence-electron chi connectivity index (χ2n) is 5.81. The first-order valence-corrected chi connectivity index (χ1v) is 7.29. The van der Waals surface area contributed by atoms with Crippen LogP contribution in [0.4, 0.5) is 0 Å². The Labute approximate surface area is 122 Å². The molecule has 3 unspecified atom stereocenters. The molecule has 0 spiro atoms. The molecule has 2 fully saturated rings. The molecule has 3 atom stereocenters. The van der Waals surface area contributed by atoms with E-state index in [1.54, 1.807) is 0 Å². The first kappa shape index (κ1) is 16.7. The molecule has 3 N–H and O–H groups in total. The molecule has 1 amide bonds. The molecule has 0 saturated heterocycles. The Hall–Kier alpha value is -0.320. The fraction of sp³-hybridized carbons (Fsp3) is 0.929. The maximum atomic E-state index is 12.0. The largest absolute Gasteiger partial charge is 0.369 e. The third-order valence-electron chi connectivity index (χ3n) is 4.47. The van der Waals surface area contributed by atoms with Gasteiger partial charge in [-0.05, 0) is 51.4 Å². The molecule has 2 aliphatic carbocycles. The summed E-state index contributed by atoms with van der Waals surface area (Å²) in [6.07, 6.45) is 5.48. The van der Waals surface area contributed by atoms with Crippen molar-refractivity contribution in [1.82, 2.24) is 5.32 Å². The molecule has 0 aliphatic heterocycles. The second kappa shape index (κ2) is 7.46. The number of hydrogen-bond donors (Lipinski definition) is 2. The lowest BCUT2D eigenvalue weighted by Gasteiger charge is -2.45. The summed E-state index contributed by atoms with van der Waals surface area (Å²) in [6.45, 7) is 4.32. The predicted molar refractivity (Wildman–Crippen MR) is 78.3 cm³/mol. The van der Waals surface area contributed by atoms with Gasteiger partial charge in [0.1, 0.15) is 6.10 Å². The van der Waals surface area contributed by atoms with Crippen molar-refractivity contribution in [1.29, 1.82) is 0 Å². The van der Waals surface area contributed by atoms with E-state index in [0.29, 0.717) is 30.5 Å². The van der Waals surface area contributed by atoms with E-state index in [9.17, 15) is 4.79 Å². The van der Waals surface area contributed by atoms with Gasteiger partial charge in [0, 0.05) is 18.7 Å². The Morgan fingerprint density at radius 1 is 1.37 bits per heavy atom. The molecular weight excluding hydrogens is 264 g/mol. The molecule has 2 rings (SSSR count). The Morgan fingerprint density at radius 2 is 1.95 bits per heavy atom. The first-order valence-electron chi connectivity index (χ1n) is 7.29. The van der Waals surface area contributed by atoms with Crippen LogP contribution < -0.4 is 11.1 Å². The summed E-state index contributed by atoms with van der Waals surface area (Å²) in [5.41, 5.74) is 6.09. The molecule has 19 heavy (non-hydrogen) atoms. The van der Waals surface area contributed by atoms with Crippen LogP contribution in [0.5, 0.6) is 0 Å². The zero-order valence-corrected chi connectivity index (χ0v) is 12.7. The van der Waals surface area contributed by atoms with Gasteiger partial charge in [-0.3, -0.25) is 4.79 Å². The lowest BCUT2D eigenvalue weighted by atomic mass is 9.67.